The first-order chi connectivity index (χ1) is 10.7. The molecule has 1 aliphatic rings. The van der Waals surface area contributed by atoms with Crippen LogP contribution in [-0.4, -0.2) is 29.2 Å². The first-order valence-corrected chi connectivity index (χ1v) is 9.23. The molecule has 0 atom stereocenters. The van der Waals surface area contributed by atoms with E-state index in [9.17, 15) is 0 Å². The largest absolute Gasteiger partial charge is 1.00 e. The lowest BCUT2D eigenvalue weighted by molar-refractivity contribution is -0.905. The smallest absolute Gasteiger partial charge is 0.124 e. The average Bonchev–Trinajstić information content (AvgIpc) is 3.02. The predicted molar refractivity (Wildman–Crippen MR) is 94.0 cm³/mol. The Kier molecular flexibility index (Phi) is 4.95. The second-order valence-corrected chi connectivity index (χ2v) is 7.80. The Bertz CT molecular complexity index is 814. The molecule has 3 aromatic rings. The number of hydrogen-bond donors (Lipinski definition) is 1. The lowest BCUT2D eigenvalue weighted by Gasteiger charge is -2.23. The van der Waals surface area contributed by atoms with Gasteiger partial charge < -0.3 is 21.9 Å². The van der Waals surface area contributed by atoms with Gasteiger partial charge in [0.1, 0.15) is 10.3 Å². The highest BCUT2D eigenvalue weighted by molar-refractivity contribution is 7.18. The highest BCUT2D eigenvalue weighted by atomic mass is 35.5. The molecular weight excluding hydrogens is 326 g/mol. The highest BCUT2D eigenvalue weighted by Crippen LogP contribution is 2.32. The summed E-state index contributed by atoms with van der Waals surface area (Å²) in [7, 11) is 0. The Morgan fingerprint density at radius 3 is 2.74 bits per heavy atom. The minimum Gasteiger partial charge on any atom is -1.00 e. The molecule has 1 aromatic carbocycles. The molecule has 0 aliphatic carbocycles. The molecule has 2 aromatic heterocycles. The van der Waals surface area contributed by atoms with E-state index in [0.717, 1.165) is 6.54 Å². The summed E-state index contributed by atoms with van der Waals surface area (Å²) >= 11 is 1.84. The van der Waals surface area contributed by atoms with Crippen molar-refractivity contribution in [3.05, 3.63) is 28.8 Å². The summed E-state index contributed by atoms with van der Waals surface area (Å²) in [4.78, 5) is 7.92. The number of nitrogens with one attached hydrogen (secondary N) is 1. The normalized spacial score (nSPS) is 16.1. The summed E-state index contributed by atoms with van der Waals surface area (Å²) in [5.41, 5.74) is 3.88. The second kappa shape index (κ2) is 6.80. The van der Waals surface area contributed by atoms with Gasteiger partial charge in [0.2, 0.25) is 0 Å². The van der Waals surface area contributed by atoms with Gasteiger partial charge in [0.05, 0.1) is 36.7 Å². The van der Waals surface area contributed by atoms with Crippen LogP contribution in [0.2, 0.25) is 0 Å². The van der Waals surface area contributed by atoms with Crippen molar-refractivity contribution in [2.75, 3.05) is 19.6 Å². The molecule has 1 aliphatic heterocycles. The van der Waals surface area contributed by atoms with Crippen molar-refractivity contribution in [2.24, 2.45) is 0 Å². The van der Waals surface area contributed by atoms with Crippen LogP contribution in [-0.2, 0) is 6.54 Å². The fourth-order valence-electron chi connectivity index (χ4n) is 3.75. The van der Waals surface area contributed by atoms with E-state index in [4.69, 9.17) is 4.98 Å². The van der Waals surface area contributed by atoms with Gasteiger partial charge in [-0.15, -0.1) is 11.3 Å². The van der Waals surface area contributed by atoms with Crippen molar-refractivity contribution in [3.63, 3.8) is 0 Å². The van der Waals surface area contributed by atoms with Crippen LogP contribution in [0.3, 0.4) is 0 Å². The number of quaternary nitrogens is 1. The maximum Gasteiger partial charge on any atom is 0.124 e. The van der Waals surface area contributed by atoms with E-state index in [1.165, 1.54) is 70.7 Å². The van der Waals surface area contributed by atoms with Crippen molar-refractivity contribution in [3.8, 4) is 0 Å². The number of hydrogen-bond acceptors (Lipinski definition) is 2. The van der Waals surface area contributed by atoms with Crippen LogP contribution in [0.15, 0.2) is 18.2 Å². The van der Waals surface area contributed by atoms with Crippen LogP contribution in [0.4, 0.5) is 0 Å². The summed E-state index contributed by atoms with van der Waals surface area (Å²) in [5.74, 6) is 0. The Morgan fingerprint density at radius 2 is 1.96 bits per heavy atom. The van der Waals surface area contributed by atoms with Crippen LogP contribution in [0.5, 0.6) is 0 Å². The first kappa shape index (κ1) is 16.7. The fraction of sp³-hybridized carbons (Fsp3) is 0.500. The van der Waals surface area contributed by atoms with Crippen LogP contribution < -0.4 is 17.3 Å². The van der Waals surface area contributed by atoms with Gasteiger partial charge in [-0.3, -0.25) is 0 Å². The Balaban J connectivity index is 0.00000156. The van der Waals surface area contributed by atoms with Gasteiger partial charge in [0.25, 0.3) is 0 Å². The van der Waals surface area contributed by atoms with Crippen molar-refractivity contribution < 1.29 is 17.3 Å². The summed E-state index contributed by atoms with van der Waals surface area (Å²) in [6.45, 7) is 9.34. The standard InChI is InChI=1S/C18H23N3S.ClH/c1-13-6-7-16-15(12-13)17-18(22-14(2)19-17)21(16)11-10-20-8-4-3-5-9-20;/h6-7,12H,3-5,8-11H2,1-2H3;1H. The van der Waals surface area contributed by atoms with E-state index in [2.05, 4.69) is 36.6 Å². The molecule has 3 nitrogen and oxygen atoms in total. The number of fused-ring (bicyclic) bond motifs is 3. The third-order valence-electron chi connectivity index (χ3n) is 4.91. The molecule has 0 spiro atoms. The number of aryl methyl sites for hydroxylation is 2. The molecule has 1 N–H and O–H groups in total. The number of halogens is 1. The third kappa shape index (κ3) is 3.12. The molecule has 124 valence electrons. The van der Waals surface area contributed by atoms with Crippen molar-refractivity contribution >= 4 is 32.6 Å². The van der Waals surface area contributed by atoms with Crippen LogP contribution >= 0.6 is 11.3 Å². The lowest BCUT2D eigenvalue weighted by atomic mass is 10.1. The van der Waals surface area contributed by atoms with Gasteiger partial charge in [-0.25, -0.2) is 4.98 Å². The zero-order chi connectivity index (χ0) is 15.1. The molecule has 1 fully saturated rings. The van der Waals surface area contributed by atoms with Gasteiger partial charge in [0, 0.05) is 5.39 Å². The van der Waals surface area contributed by atoms with E-state index in [1.807, 2.05) is 11.3 Å². The maximum absolute atomic E-state index is 4.79. The maximum atomic E-state index is 4.79. The Morgan fingerprint density at radius 1 is 1.17 bits per heavy atom. The van der Waals surface area contributed by atoms with E-state index in [1.54, 1.807) is 4.90 Å². The summed E-state index contributed by atoms with van der Waals surface area (Å²) in [5, 5.41) is 2.50. The van der Waals surface area contributed by atoms with E-state index < -0.39 is 0 Å². The second-order valence-electron chi connectivity index (χ2n) is 6.62. The van der Waals surface area contributed by atoms with Crippen molar-refractivity contribution in [1.29, 1.82) is 0 Å². The molecule has 0 unspecified atom stereocenters. The number of aromatic nitrogens is 2. The van der Waals surface area contributed by atoms with Gasteiger partial charge in [-0.05, 0) is 45.2 Å². The third-order valence-corrected chi connectivity index (χ3v) is 5.90. The van der Waals surface area contributed by atoms with Crippen molar-refractivity contribution in [2.45, 2.75) is 39.7 Å². The fourth-order valence-corrected chi connectivity index (χ4v) is 4.72. The topological polar surface area (TPSA) is 22.3 Å². The number of likely N-dealkylation sites (tertiary alicyclic amines) is 1. The van der Waals surface area contributed by atoms with E-state index in [-0.39, 0.29) is 12.4 Å². The van der Waals surface area contributed by atoms with Crippen LogP contribution in [0.1, 0.15) is 29.8 Å². The van der Waals surface area contributed by atoms with Crippen molar-refractivity contribution in [1.82, 2.24) is 9.55 Å². The molecule has 23 heavy (non-hydrogen) atoms. The number of nitrogens with zero attached hydrogens (tertiary/aromatic N) is 2. The number of rotatable bonds is 3. The number of benzene rings is 1. The Hall–Kier alpha value is -1.10. The first-order valence-electron chi connectivity index (χ1n) is 8.42. The minimum atomic E-state index is 0. The molecule has 0 radical (unpaired) electrons. The quantitative estimate of drug-likeness (QED) is 0.703. The average molecular weight is 350 g/mol. The van der Waals surface area contributed by atoms with E-state index >= 15 is 0 Å². The molecule has 0 amide bonds. The molecule has 4 rings (SSSR count). The highest BCUT2D eigenvalue weighted by Gasteiger charge is 2.18. The minimum absolute atomic E-state index is 0. The SMILES string of the molecule is Cc1ccc2c(c1)c1nc(C)sc1n2CC[NH+]1CCCCC1.[Cl-]. The monoisotopic (exact) mass is 349 g/mol. The molecule has 1 saturated heterocycles. The van der Waals surface area contributed by atoms with E-state index in [0.29, 0.717) is 0 Å². The summed E-state index contributed by atoms with van der Waals surface area (Å²) in [6, 6.07) is 6.80. The molecular formula is C18H24ClN3S. The van der Waals surface area contributed by atoms with Gasteiger partial charge in [0.15, 0.2) is 0 Å². The van der Waals surface area contributed by atoms with Crippen LogP contribution in [0.25, 0.3) is 21.3 Å². The summed E-state index contributed by atoms with van der Waals surface area (Å²) < 4.78 is 2.51. The predicted octanol–water partition coefficient (Wildman–Crippen LogP) is -0.0594. The molecule has 5 heteroatoms. The Labute approximate surface area is 147 Å². The molecule has 3 heterocycles. The van der Waals surface area contributed by atoms with Gasteiger partial charge >= 0.3 is 0 Å². The zero-order valence-corrected chi connectivity index (χ0v) is 15.4. The van der Waals surface area contributed by atoms with Crippen LogP contribution in [0, 0.1) is 13.8 Å². The molecule has 0 bridgehead atoms. The summed E-state index contributed by atoms with van der Waals surface area (Å²) in [6.07, 6.45) is 4.22. The lowest BCUT2D eigenvalue weighted by Crippen LogP contribution is -3.13. The number of thiazole rings is 1. The van der Waals surface area contributed by atoms with Gasteiger partial charge in [-0.1, -0.05) is 11.6 Å². The van der Waals surface area contributed by atoms with Gasteiger partial charge in [-0.2, -0.15) is 0 Å². The zero-order valence-electron chi connectivity index (χ0n) is 13.9. The molecule has 0 saturated carbocycles. The number of piperidine rings is 1.